The monoisotopic (exact) mass is 800 g/mol. The lowest BCUT2D eigenvalue weighted by Gasteiger charge is -2.32. The third kappa shape index (κ3) is 6.77. The molecule has 0 aromatic heterocycles. The lowest BCUT2D eigenvalue weighted by molar-refractivity contribution is 0.875. The fraction of sp³-hybridized carbons (Fsp3) is 0.133. The molecular weight excluding hydrogens is 749 g/mol. The van der Waals surface area contributed by atoms with Gasteiger partial charge in [-0.05, 0) is 140 Å². The second-order valence-corrected chi connectivity index (χ2v) is 17.4. The van der Waals surface area contributed by atoms with Crippen LogP contribution >= 0.6 is 0 Å². The maximum Gasteiger partial charge on any atom is 0.0543 e. The third-order valence-corrected chi connectivity index (χ3v) is 12.8. The molecule has 0 amide bonds. The van der Waals surface area contributed by atoms with Crippen molar-refractivity contribution in [3.05, 3.63) is 216 Å². The van der Waals surface area contributed by atoms with E-state index >= 15 is 0 Å². The van der Waals surface area contributed by atoms with Crippen LogP contribution in [0, 0.1) is 13.8 Å². The number of rotatable bonds is 10. The summed E-state index contributed by atoms with van der Waals surface area (Å²) in [5.41, 5.74) is 17.0. The lowest BCUT2D eigenvalue weighted by atomic mass is 9.84. The Balaban J connectivity index is 1.31. The molecule has 10 aromatic carbocycles. The minimum atomic E-state index is 0.293. The first kappa shape index (κ1) is 39.0. The number of para-hydroxylation sites is 2. The molecule has 0 heterocycles. The minimum Gasteiger partial charge on any atom is -0.310 e. The van der Waals surface area contributed by atoms with Gasteiger partial charge in [-0.2, -0.15) is 0 Å². The summed E-state index contributed by atoms with van der Waals surface area (Å²) in [5.74, 6) is 0.585. The van der Waals surface area contributed by atoms with Crippen molar-refractivity contribution in [2.24, 2.45) is 0 Å². The maximum atomic E-state index is 2.51. The van der Waals surface area contributed by atoms with Crippen LogP contribution in [0.15, 0.2) is 194 Å². The molecule has 0 saturated heterocycles. The predicted octanol–water partition coefficient (Wildman–Crippen LogP) is 17.7. The molecule has 0 N–H and O–H groups in total. The number of benzene rings is 10. The molecular formula is C60H52N2. The molecule has 0 fully saturated rings. The predicted molar refractivity (Wildman–Crippen MR) is 268 cm³/mol. The van der Waals surface area contributed by atoms with Gasteiger partial charge in [0.2, 0.25) is 0 Å². The molecule has 0 bridgehead atoms. The van der Waals surface area contributed by atoms with Crippen LogP contribution in [0.1, 0.15) is 61.8 Å². The number of hydrogen-bond donors (Lipinski definition) is 0. The van der Waals surface area contributed by atoms with Gasteiger partial charge in [-0.25, -0.2) is 0 Å². The van der Waals surface area contributed by atoms with E-state index in [1.54, 1.807) is 0 Å². The van der Waals surface area contributed by atoms with Crippen molar-refractivity contribution >= 4 is 66.4 Å². The Labute approximate surface area is 366 Å². The largest absolute Gasteiger partial charge is 0.310 e. The smallest absolute Gasteiger partial charge is 0.0543 e. The molecule has 0 atom stereocenters. The Kier molecular flexibility index (Phi) is 10.1. The lowest BCUT2D eigenvalue weighted by Crippen LogP contribution is -2.14. The standard InChI is InChI=1S/C60H52N2/c1-39(2)53-37-57(61(47-23-15-9-16-24-47)55-35-45(29-27-41(55)5)43-19-11-7-12-20-43)51-34-32-50-54(40(3)4)38-58(52-33-31-49(53)59(51)60(50)52)62(48-25-17-10-18-26-48)56-36-46(30-28-42(56)6)44-21-13-8-14-22-44/h7-40H,1-6H3. The Morgan fingerprint density at radius 1 is 0.306 bits per heavy atom. The van der Waals surface area contributed by atoms with Crippen molar-refractivity contribution in [3.63, 3.8) is 0 Å². The van der Waals surface area contributed by atoms with E-state index in [2.05, 4.69) is 245 Å². The molecule has 2 heteroatoms. The van der Waals surface area contributed by atoms with Crippen LogP contribution < -0.4 is 9.80 Å². The van der Waals surface area contributed by atoms with E-state index in [1.165, 1.54) is 99.6 Å². The summed E-state index contributed by atoms with van der Waals surface area (Å²) in [6.45, 7) is 13.9. The van der Waals surface area contributed by atoms with Crippen molar-refractivity contribution in [3.8, 4) is 22.3 Å². The average molecular weight is 801 g/mol. The Hall–Kier alpha value is -7.16. The Morgan fingerprint density at radius 2 is 0.645 bits per heavy atom. The van der Waals surface area contributed by atoms with Gasteiger partial charge in [-0.15, -0.1) is 0 Å². The summed E-state index contributed by atoms with van der Waals surface area (Å²) in [7, 11) is 0. The highest BCUT2D eigenvalue weighted by molar-refractivity contribution is 6.29. The number of nitrogens with zero attached hydrogens (tertiary/aromatic N) is 2. The number of aryl methyl sites for hydroxylation is 2. The third-order valence-electron chi connectivity index (χ3n) is 12.8. The average Bonchev–Trinajstić information content (AvgIpc) is 3.31. The van der Waals surface area contributed by atoms with E-state index in [1.807, 2.05) is 0 Å². The van der Waals surface area contributed by atoms with Crippen molar-refractivity contribution < 1.29 is 0 Å². The zero-order valence-electron chi connectivity index (χ0n) is 36.5. The van der Waals surface area contributed by atoms with Crippen molar-refractivity contribution in [2.45, 2.75) is 53.4 Å². The van der Waals surface area contributed by atoms with E-state index in [4.69, 9.17) is 0 Å². The molecule has 0 aliphatic heterocycles. The summed E-state index contributed by atoms with van der Waals surface area (Å²) >= 11 is 0. The van der Waals surface area contributed by atoms with Gasteiger partial charge in [-0.1, -0.05) is 173 Å². The highest BCUT2D eigenvalue weighted by Gasteiger charge is 2.27. The van der Waals surface area contributed by atoms with Crippen molar-refractivity contribution in [1.82, 2.24) is 0 Å². The van der Waals surface area contributed by atoms with Gasteiger partial charge in [0.1, 0.15) is 0 Å². The topological polar surface area (TPSA) is 6.48 Å². The second-order valence-electron chi connectivity index (χ2n) is 17.4. The van der Waals surface area contributed by atoms with Crippen LogP contribution in [0.4, 0.5) is 34.1 Å². The molecule has 2 nitrogen and oxygen atoms in total. The zero-order chi connectivity index (χ0) is 42.5. The minimum absolute atomic E-state index is 0.293. The SMILES string of the molecule is Cc1ccc(-c2ccccc2)cc1N(c1ccccc1)c1cc(C(C)C)c2ccc3c(N(c4ccccc4)c4cc(-c5ccccc5)ccc4C)cc(C(C)C)c4ccc1c2c43. The van der Waals surface area contributed by atoms with Crippen molar-refractivity contribution in [2.75, 3.05) is 9.80 Å². The summed E-state index contributed by atoms with van der Waals surface area (Å²) in [6.07, 6.45) is 0. The summed E-state index contributed by atoms with van der Waals surface area (Å²) in [5, 5.41) is 7.78. The molecule has 0 aliphatic carbocycles. The molecule has 0 radical (unpaired) electrons. The van der Waals surface area contributed by atoms with Gasteiger partial charge in [0.05, 0.1) is 11.4 Å². The molecule has 0 aliphatic rings. The molecule has 0 spiro atoms. The van der Waals surface area contributed by atoms with Crippen LogP contribution in [0.2, 0.25) is 0 Å². The van der Waals surface area contributed by atoms with Gasteiger partial charge in [-0.3, -0.25) is 0 Å². The van der Waals surface area contributed by atoms with Crippen LogP contribution in [-0.4, -0.2) is 0 Å². The van der Waals surface area contributed by atoms with Gasteiger partial charge >= 0.3 is 0 Å². The molecule has 10 rings (SSSR count). The normalized spacial score (nSPS) is 11.7. The zero-order valence-corrected chi connectivity index (χ0v) is 36.5. The summed E-state index contributed by atoms with van der Waals surface area (Å²) in [6, 6.07) is 71.8. The molecule has 302 valence electrons. The molecule has 0 unspecified atom stereocenters. The highest BCUT2D eigenvalue weighted by atomic mass is 15.2. The van der Waals surface area contributed by atoms with E-state index in [-0.39, 0.29) is 0 Å². The van der Waals surface area contributed by atoms with Gasteiger partial charge in [0.15, 0.2) is 0 Å². The van der Waals surface area contributed by atoms with E-state index in [0.29, 0.717) is 11.8 Å². The summed E-state index contributed by atoms with van der Waals surface area (Å²) < 4.78 is 0. The number of hydrogen-bond acceptors (Lipinski definition) is 2. The first-order valence-corrected chi connectivity index (χ1v) is 22.1. The highest BCUT2D eigenvalue weighted by Crippen LogP contribution is 2.52. The van der Waals surface area contributed by atoms with Crippen molar-refractivity contribution in [1.29, 1.82) is 0 Å². The fourth-order valence-electron chi connectivity index (χ4n) is 9.63. The van der Waals surface area contributed by atoms with Gasteiger partial charge in [0, 0.05) is 33.5 Å². The Morgan fingerprint density at radius 3 is 1.00 bits per heavy atom. The quantitative estimate of drug-likeness (QED) is 0.127. The Bertz CT molecular complexity index is 2970. The molecule has 0 saturated carbocycles. The van der Waals surface area contributed by atoms with E-state index < -0.39 is 0 Å². The molecule has 62 heavy (non-hydrogen) atoms. The fourth-order valence-corrected chi connectivity index (χ4v) is 9.63. The first-order valence-electron chi connectivity index (χ1n) is 22.1. The summed E-state index contributed by atoms with van der Waals surface area (Å²) in [4.78, 5) is 5.02. The van der Waals surface area contributed by atoms with Crippen LogP contribution in [0.25, 0.3) is 54.6 Å². The van der Waals surface area contributed by atoms with Crippen LogP contribution in [-0.2, 0) is 0 Å². The van der Waals surface area contributed by atoms with Gasteiger partial charge in [0.25, 0.3) is 0 Å². The first-order chi connectivity index (χ1) is 30.3. The number of anilines is 6. The molecule has 10 aromatic rings. The van der Waals surface area contributed by atoms with Crippen LogP contribution in [0.5, 0.6) is 0 Å². The van der Waals surface area contributed by atoms with Crippen LogP contribution in [0.3, 0.4) is 0 Å². The van der Waals surface area contributed by atoms with E-state index in [0.717, 1.165) is 11.4 Å². The second kappa shape index (κ2) is 16.0. The van der Waals surface area contributed by atoms with E-state index in [9.17, 15) is 0 Å². The van der Waals surface area contributed by atoms with Gasteiger partial charge < -0.3 is 9.80 Å². The maximum absolute atomic E-state index is 2.51.